The molecule has 0 radical (unpaired) electrons. The molecular formula is C12H20N6O2. The Morgan fingerprint density at radius 3 is 2.50 bits per heavy atom. The summed E-state index contributed by atoms with van der Waals surface area (Å²) in [7, 11) is 1.66. The highest BCUT2D eigenvalue weighted by molar-refractivity contribution is 5.99. The predicted octanol–water partition coefficient (Wildman–Crippen LogP) is -0.528. The lowest BCUT2D eigenvalue weighted by Gasteiger charge is -2.44. The second-order valence-electron chi connectivity index (χ2n) is 5.87. The van der Waals surface area contributed by atoms with Gasteiger partial charge in [-0.25, -0.2) is 0 Å². The molecule has 1 saturated heterocycles. The predicted molar refractivity (Wildman–Crippen MR) is 70.2 cm³/mol. The molecule has 0 aromatic carbocycles. The van der Waals surface area contributed by atoms with Crippen LogP contribution in [0.5, 0.6) is 0 Å². The van der Waals surface area contributed by atoms with E-state index in [9.17, 15) is 9.59 Å². The molecule has 2 amide bonds. The van der Waals surface area contributed by atoms with Gasteiger partial charge in [-0.1, -0.05) is 13.8 Å². The molecule has 20 heavy (non-hydrogen) atoms. The number of tetrazole rings is 1. The smallest absolute Gasteiger partial charge is 0.246 e. The number of carbonyl (C=O) groups excluding carboxylic acids is 2. The van der Waals surface area contributed by atoms with Gasteiger partial charge in [0.25, 0.3) is 0 Å². The van der Waals surface area contributed by atoms with Crippen LogP contribution in [0.4, 0.5) is 0 Å². The van der Waals surface area contributed by atoms with E-state index in [1.807, 2.05) is 13.8 Å². The zero-order valence-electron chi connectivity index (χ0n) is 12.4. The molecule has 1 aromatic heterocycles. The first kappa shape index (κ1) is 14.4. The summed E-state index contributed by atoms with van der Waals surface area (Å²) in [4.78, 5) is 27.6. The van der Waals surface area contributed by atoms with Crippen molar-refractivity contribution in [3.63, 3.8) is 0 Å². The van der Waals surface area contributed by atoms with Gasteiger partial charge in [-0.3, -0.25) is 9.59 Å². The average Bonchev–Trinajstić information content (AvgIpc) is 2.75. The Kier molecular flexibility index (Phi) is 3.49. The SMILES string of the molecule is CC(C)C1NC(=O)C(C)(C)N(Cc2nnn(C)n2)C1=O. The monoisotopic (exact) mass is 280 g/mol. The van der Waals surface area contributed by atoms with Crippen molar-refractivity contribution in [3.8, 4) is 0 Å². The van der Waals surface area contributed by atoms with E-state index in [0.717, 1.165) is 0 Å². The molecule has 8 heteroatoms. The number of nitrogens with zero attached hydrogens (tertiary/aromatic N) is 5. The Labute approximate surface area is 117 Å². The van der Waals surface area contributed by atoms with E-state index in [-0.39, 0.29) is 24.3 Å². The van der Waals surface area contributed by atoms with Crippen molar-refractivity contribution in [1.29, 1.82) is 0 Å². The van der Waals surface area contributed by atoms with Crippen LogP contribution in [0, 0.1) is 5.92 Å². The quantitative estimate of drug-likeness (QED) is 0.803. The Hall–Kier alpha value is -1.99. The van der Waals surface area contributed by atoms with Crippen molar-refractivity contribution >= 4 is 11.8 Å². The van der Waals surface area contributed by atoms with Crippen LogP contribution in [-0.4, -0.2) is 48.5 Å². The maximum absolute atomic E-state index is 12.6. The first-order chi connectivity index (χ1) is 9.23. The summed E-state index contributed by atoms with van der Waals surface area (Å²) in [5.74, 6) is 0.169. The fraction of sp³-hybridized carbons (Fsp3) is 0.750. The second-order valence-corrected chi connectivity index (χ2v) is 5.87. The molecule has 0 bridgehead atoms. The van der Waals surface area contributed by atoms with Crippen LogP contribution in [0.2, 0.25) is 0 Å². The van der Waals surface area contributed by atoms with Gasteiger partial charge >= 0.3 is 0 Å². The zero-order valence-corrected chi connectivity index (χ0v) is 12.4. The number of nitrogens with one attached hydrogen (secondary N) is 1. The molecule has 2 rings (SSSR count). The highest BCUT2D eigenvalue weighted by Gasteiger charge is 2.47. The molecule has 1 aromatic rings. The molecule has 2 heterocycles. The zero-order chi connectivity index (χ0) is 15.1. The lowest BCUT2D eigenvalue weighted by Crippen LogP contribution is -2.69. The molecule has 0 aliphatic carbocycles. The summed E-state index contributed by atoms with van der Waals surface area (Å²) < 4.78 is 0. The van der Waals surface area contributed by atoms with Gasteiger partial charge in [0.05, 0.1) is 13.6 Å². The van der Waals surface area contributed by atoms with E-state index >= 15 is 0 Å². The Balaban J connectivity index is 2.30. The summed E-state index contributed by atoms with van der Waals surface area (Å²) >= 11 is 0. The minimum absolute atomic E-state index is 0.0277. The summed E-state index contributed by atoms with van der Waals surface area (Å²) in [5.41, 5.74) is -0.929. The van der Waals surface area contributed by atoms with Crippen LogP contribution < -0.4 is 5.32 Å². The molecule has 1 aliphatic rings. The number of carbonyl (C=O) groups is 2. The molecular weight excluding hydrogens is 260 g/mol. The van der Waals surface area contributed by atoms with Crippen molar-refractivity contribution in [1.82, 2.24) is 30.4 Å². The van der Waals surface area contributed by atoms with Crippen LogP contribution in [0.1, 0.15) is 33.5 Å². The molecule has 8 nitrogen and oxygen atoms in total. The highest BCUT2D eigenvalue weighted by Crippen LogP contribution is 2.25. The third-order valence-corrected chi connectivity index (χ3v) is 3.57. The number of hydrogen-bond donors (Lipinski definition) is 1. The van der Waals surface area contributed by atoms with Crippen molar-refractivity contribution in [2.24, 2.45) is 13.0 Å². The minimum atomic E-state index is -0.929. The van der Waals surface area contributed by atoms with Gasteiger partial charge in [-0.15, -0.1) is 10.2 Å². The van der Waals surface area contributed by atoms with Crippen LogP contribution >= 0.6 is 0 Å². The maximum Gasteiger partial charge on any atom is 0.246 e. The Bertz CT molecular complexity index is 536. The number of aromatic nitrogens is 4. The lowest BCUT2D eigenvalue weighted by atomic mass is 9.91. The van der Waals surface area contributed by atoms with Crippen LogP contribution in [0.15, 0.2) is 0 Å². The normalized spacial score (nSPS) is 22.3. The molecule has 0 spiro atoms. The standard InChI is InChI=1S/C12H20N6O2/c1-7(2)9-10(19)18(12(3,4)11(20)13-9)6-8-14-16-17(5)15-8/h7,9H,6H2,1-5H3,(H,13,20). The highest BCUT2D eigenvalue weighted by atomic mass is 16.2. The van der Waals surface area contributed by atoms with Gasteiger partial charge in [0.1, 0.15) is 11.6 Å². The first-order valence-electron chi connectivity index (χ1n) is 6.59. The number of amides is 2. The number of rotatable bonds is 3. The van der Waals surface area contributed by atoms with Gasteiger partial charge in [-0.05, 0) is 25.0 Å². The largest absolute Gasteiger partial charge is 0.342 e. The lowest BCUT2D eigenvalue weighted by molar-refractivity contribution is -0.157. The molecule has 1 N–H and O–H groups in total. The molecule has 1 fully saturated rings. The van der Waals surface area contributed by atoms with Crippen molar-refractivity contribution in [2.75, 3.05) is 0 Å². The molecule has 0 saturated carbocycles. The Morgan fingerprint density at radius 1 is 1.35 bits per heavy atom. The van der Waals surface area contributed by atoms with Crippen molar-refractivity contribution in [3.05, 3.63) is 5.82 Å². The van der Waals surface area contributed by atoms with Crippen LogP contribution in [0.25, 0.3) is 0 Å². The fourth-order valence-corrected chi connectivity index (χ4v) is 2.20. The molecule has 1 unspecified atom stereocenters. The summed E-state index contributed by atoms with van der Waals surface area (Å²) in [5, 5.41) is 14.5. The minimum Gasteiger partial charge on any atom is -0.342 e. The fourth-order valence-electron chi connectivity index (χ4n) is 2.20. The van der Waals surface area contributed by atoms with Crippen LogP contribution in [-0.2, 0) is 23.2 Å². The first-order valence-corrected chi connectivity index (χ1v) is 6.59. The van der Waals surface area contributed by atoms with E-state index in [1.54, 1.807) is 20.9 Å². The van der Waals surface area contributed by atoms with Gasteiger partial charge in [-0.2, -0.15) is 4.80 Å². The van der Waals surface area contributed by atoms with Gasteiger partial charge in [0.15, 0.2) is 5.82 Å². The van der Waals surface area contributed by atoms with E-state index < -0.39 is 11.6 Å². The van der Waals surface area contributed by atoms with Gasteiger partial charge in [0.2, 0.25) is 11.8 Å². The summed E-state index contributed by atoms with van der Waals surface area (Å²) in [6.45, 7) is 7.41. The van der Waals surface area contributed by atoms with Crippen molar-refractivity contribution < 1.29 is 9.59 Å². The second kappa shape index (κ2) is 4.84. The van der Waals surface area contributed by atoms with Gasteiger partial charge in [0, 0.05) is 0 Å². The summed E-state index contributed by atoms with van der Waals surface area (Å²) in [6, 6.07) is -0.507. The summed E-state index contributed by atoms with van der Waals surface area (Å²) in [6.07, 6.45) is 0. The third-order valence-electron chi connectivity index (χ3n) is 3.57. The number of hydrogen-bond acceptors (Lipinski definition) is 5. The van der Waals surface area contributed by atoms with Gasteiger partial charge < -0.3 is 10.2 Å². The number of aryl methyl sites for hydroxylation is 1. The van der Waals surface area contributed by atoms with E-state index in [4.69, 9.17) is 0 Å². The maximum atomic E-state index is 12.6. The van der Waals surface area contributed by atoms with Crippen molar-refractivity contribution in [2.45, 2.75) is 45.8 Å². The molecule has 110 valence electrons. The third kappa shape index (κ3) is 2.37. The Morgan fingerprint density at radius 2 is 2.00 bits per heavy atom. The van der Waals surface area contributed by atoms with E-state index in [0.29, 0.717) is 5.82 Å². The number of piperazine rings is 1. The topological polar surface area (TPSA) is 93.0 Å². The van der Waals surface area contributed by atoms with E-state index in [1.165, 1.54) is 9.70 Å². The molecule has 1 aliphatic heterocycles. The van der Waals surface area contributed by atoms with E-state index in [2.05, 4.69) is 20.7 Å². The van der Waals surface area contributed by atoms with Crippen LogP contribution in [0.3, 0.4) is 0 Å². The average molecular weight is 280 g/mol. The molecule has 1 atom stereocenters.